The van der Waals surface area contributed by atoms with E-state index in [1.165, 1.54) is 10.6 Å². The minimum absolute atomic E-state index is 0.0415. The highest BCUT2D eigenvalue weighted by Gasteiger charge is 2.11. The van der Waals surface area contributed by atoms with Crippen molar-refractivity contribution < 1.29 is 14.7 Å². The number of benzene rings is 1. The van der Waals surface area contributed by atoms with Crippen LogP contribution in [0, 0.1) is 6.92 Å². The van der Waals surface area contributed by atoms with Crippen molar-refractivity contribution in [1.82, 2.24) is 4.57 Å². The number of nitrogens with one attached hydrogen (secondary N) is 1. The van der Waals surface area contributed by atoms with Crippen LogP contribution in [0.3, 0.4) is 0 Å². The number of halogens is 1. The highest BCUT2D eigenvalue weighted by Crippen LogP contribution is 2.19. The lowest BCUT2D eigenvalue weighted by Gasteiger charge is -2.09. The number of aryl methyl sites for hydroxylation is 1. The van der Waals surface area contributed by atoms with Crippen molar-refractivity contribution in [2.45, 2.75) is 13.5 Å². The van der Waals surface area contributed by atoms with Gasteiger partial charge < -0.3 is 15.0 Å². The third-order valence-electron chi connectivity index (χ3n) is 2.69. The second-order valence-corrected chi connectivity index (χ2v) is 5.31. The molecule has 2 aromatic rings. The number of amides is 1. The summed E-state index contributed by atoms with van der Waals surface area (Å²) in [4.78, 5) is 22.9. The smallest absolute Gasteiger partial charge is 0.352 e. The van der Waals surface area contributed by atoms with Gasteiger partial charge in [-0.05, 0) is 42.8 Å². The number of carbonyl (C=O) groups is 2. The number of aromatic carboxylic acids is 1. The summed E-state index contributed by atoms with van der Waals surface area (Å²) < 4.78 is 2.27. The topological polar surface area (TPSA) is 71.3 Å². The van der Waals surface area contributed by atoms with Gasteiger partial charge in [-0.3, -0.25) is 4.79 Å². The van der Waals surface area contributed by atoms with Crippen molar-refractivity contribution in [3.05, 3.63) is 52.3 Å². The summed E-state index contributed by atoms with van der Waals surface area (Å²) in [6.45, 7) is 1.88. The highest BCUT2D eigenvalue weighted by molar-refractivity contribution is 9.10. The maximum Gasteiger partial charge on any atom is 0.352 e. The van der Waals surface area contributed by atoms with Crippen molar-refractivity contribution in [1.29, 1.82) is 0 Å². The average molecular weight is 337 g/mol. The van der Waals surface area contributed by atoms with Gasteiger partial charge in [0.05, 0.1) is 0 Å². The van der Waals surface area contributed by atoms with Crippen molar-refractivity contribution in [3.8, 4) is 0 Å². The lowest BCUT2D eigenvalue weighted by molar-refractivity contribution is -0.116. The van der Waals surface area contributed by atoms with Gasteiger partial charge in [0, 0.05) is 16.4 Å². The van der Waals surface area contributed by atoms with E-state index in [-0.39, 0.29) is 18.1 Å². The zero-order chi connectivity index (χ0) is 14.7. The molecule has 1 heterocycles. The van der Waals surface area contributed by atoms with E-state index in [2.05, 4.69) is 21.2 Å². The fourth-order valence-corrected chi connectivity index (χ4v) is 2.52. The number of aromatic nitrogens is 1. The van der Waals surface area contributed by atoms with Crippen LogP contribution in [-0.2, 0) is 11.3 Å². The largest absolute Gasteiger partial charge is 0.477 e. The number of hydrogen-bond donors (Lipinski definition) is 2. The zero-order valence-corrected chi connectivity index (χ0v) is 12.3. The van der Waals surface area contributed by atoms with E-state index >= 15 is 0 Å². The monoisotopic (exact) mass is 336 g/mol. The van der Waals surface area contributed by atoms with Gasteiger partial charge in [-0.25, -0.2) is 4.79 Å². The normalized spacial score (nSPS) is 10.3. The number of nitrogens with zero attached hydrogens (tertiary/aromatic N) is 1. The Labute approximate surface area is 124 Å². The van der Waals surface area contributed by atoms with Gasteiger partial charge in [-0.15, -0.1) is 0 Å². The quantitative estimate of drug-likeness (QED) is 0.901. The number of carboxylic acids is 1. The van der Waals surface area contributed by atoms with Gasteiger partial charge in [0.1, 0.15) is 12.2 Å². The van der Waals surface area contributed by atoms with Crippen LogP contribution in [-0.4, -0.2) is 21.6 Å². The molecule has 1 amide bonds. The Kier molecular flexibility index (Phi) is 4.24. The van der Waals surface area contributed by atoms with Crippen LogP contribution >= 0.6 is 15.9 Å². The molecule has 6 heteroatoms. The summed E-state index contributed by atoms with van der Waals surface area (Å²) in [6, 6.07) is 8.62. The van der Waals surface area contributed by atoms with Crippen LogP contribution in [0.2, 0.25) is 0 Å². The minimum Gasteiger partial charge on any atom is -0.477 e. The minimum atomic E-state index is -1.05. The van der Waals surface area contributed by atoms with E-state index in [1.807, 2.05) is 19.1 Å². The van der Waals surface area contributed by atoms with Gasteiger partial charge in [0.25, 0.3) is 0 Å². The van der Waals surface area contributed by atoms with Gasteiger partial charge in [0.2, 0.25) is 5.91 Å². The second-order valence-electron chi connectivity index (χ2n) is 4.39. The zero-order valence-electron chi connectivity index (χ0n) is 10.8. The number of carbonyl (C=O) groups excluding carboxylic acids is 1. The molecule has 0 bridgehead atoms. The summed E-state index contributed by atoms with van der Waals surface area (Å²) in [5, 5.41) is 11.7. The maximum atomic E-state index is 11.9. The molecule has 2 N–H and O–H groups in total. The van der Waals surface area contributed by atoms with E-state index in [1.54, 1.807) is 18.3 Å². The molecular weight excluding hydrogens is 324 g/mol. The standard InChI is InChI=1S/C14H13BrN2O3/c1-9-5-10(15)7-11(6-9)16-13(18)8-17-4-2-3-12(17)14(19)20/h2-7H,8H2,1H3,(H,16,18)(H,19,20). The molecule has 1 aromatic heterocycles. The lowest BCUT2D eigenvalue weighted by Crippen LogP contribution is -2.20. The predicted octanol–water partition coefficient (Wildman–Crippen LogP) is 2.90. The first kappa shape index (κ1) is 14.3. The molecule has 0 atom stereocenters. The Morgan fingerprint density at radius 3 is 2.75 bits per heavy atom. The molecule has 0 spiro atoms. The highest BCUT2D eigenvalue weighted by atomic mass is 79.9. The first-order valence-corrected chi connectivity index (χ1v) is 6.70. The Balaban J connectivity index is 2.09. The van der Waals surface area contributed by atoms with E-state index in [0.29, 0.717) is 5.69 Å². The van der Waals surface area contributed by atoms with Crippen molar-refractivity contribution in [3.63, 3.8) is 0 Å². The second kappa shape index (κ2) is 5.92. The molecule has 0 saturated heterocycles. The Morgan fingerprint density at radius 2 is 2.10 bits per heavy atom. The molecular formula is C14H13BrN2O3. The first-order chi connectivity index (χ1) is 9.45. The molecule has 5 nitrogen and oxygen atoms in total. The van der Waals surface area contributed by atoms with E-state index < -0.39 is 5.97 Å². The number of hydrogen-bond acceptors (Lipinski definition) is 2. The molecule has 0 saturated carbocycles. The van der Waals surface area contributed by atoms with E-state index in [9.17, 15) is 9.59 Å². The summed E-state index contributed by atoms with van der Waals surface area (Å²) in [7, 11) is 0. The molecule has 2 rings (SSSR count). The molecule has 0 aliphatic heterocycles. The molecule has 0 aliphatic carbocycles. The maximum absolute atomic E-state index is 11.9. The molecule has 0 fully saturated rings. The van der Waals surface area contributed by atoms with Gasteiger partial charge in [-0.1, -0.05) is 15.9 Å². The summed E-state index contributed by atoms with van der Waals surface area (Å²) in [5.41, 5.74) is 1.78. The van der Waals surface area contributed by atoms with E-state index in [0.717, 1.165) is 10.0 Å². The van der Waals surface area contributed by atoms with Crippen LogP contribution in [0.15, 0.2) is 41.0 Å². The molecule has 1 aromatic carbocycles. The van der Waals surface area contributed by atoms with Gasteiger partial charge in [-0.2, -0.15) is 0 Å². The molecule has 20 heavy (non-hydrogen) atoms. The Hall–Kier alpha value is -2.08. The third kappa shape index (κ3) is 3.48. The van der Waals surface area contributed by atoms with Crippen LogP contribution < -0.4 is 5.32 Å². The Bertz CT molecular complexity index is 644. The third-order valence-corrected chi connectivity index (χ3v) is 3.15. The van der Waals surface area contributed by atoms with Crippen LogP contribution in [0.4, 0.5) is 5.69 Å². The van der Waals surface area contributed by atoms with Crippen LogP contribution in [0.1, 0.15) is 16.1 Å². The molecule has 0 unspecified atom stereocenters. The summed E-state index contributed by atoms with van der Waals surface area (Å²) >= 11 is 3.36. The molecule has 0 radical (unpaired) electrons. The molecule has 0 aliphatic rings. The number of anilines is 1. The summed E-state index contributed by atoms with van der Waals surface area (Å²) in [6.07, 6.45) is 1.56. The predicted molar refractivity (Wildman–Crippen MR) is 78.9 cm³/mol. The lowest BCUT2D eigenvalue weighted by atomic mass is 10.2. The number of carboxylic acid groups (broad SMARTS) is 1. The Morgan fingerprint density at radius 1 is 1.35 bits per heavy atom. The molecule has 104 valence electrons. The van der Waals surface area contributed by atoms with Crippen molar-refractivity contribution >= 4 is 33.5 Å². The van der Waals surface area contributed by atoms with Crippen molar-refractivity contribution in [2.24, 2.45) is 0 Å². The summed E-state index contributed by atoms with van der Waals surface area (Å²) in [5.74, 6) is -1.33. The van der Waals surface area contributed by atoms with Crippen LogP contribution in [0.5, 0.6) is 0 Å². The average Bonchev–Trinajstić information content (AvgIpc) is 2.75. The number of rotatable bonds is 4. The SMILES string of the molecule is Cc1cc(Br)cc(NC(=O)Cn2cccc2C(=O)O)c1. The first-order valence-electron chi connectivity index (χ1n) is 5.91. The fourth-order valence-electron chi connectivity index (χ4n) is 1.91. The van der Waals surface area contributed by atoms with E-state index in [4.69, 9.17) is 5.11 Å². The van der Waals surface area contributed by atoms with Crippen LogP contribution in [0.25, 0.3) is 0 Å². The van der Waals surface area contributed by atoms with Gasteiger partial charge in [0.15, 0.2) is 0 Å². The fraction of sp³-hybridized carbons (Fsp3) is 0.143. The van der Waals surface area contributed by atoms with Gasteiger partial charge >= 0.3 is 5.97 Å². The van der Waals surface area contributed by atoms with Crippen molar-refractivity contribution in [2.75, 3.05) is 5.32 Å².